The standard InChI is InChI=1S/C17H27NO2/c1-6-8-18(9-7-2)17(19)15-10-14(13(3)4)11-16(12-15)20-5/h10-13H,6-9H2,1-5H3. The molecular formula is C17H27NO2. The maximum Gasteiger partial charge on any atom is 0.253 e. The lowest BCUT2D eigenvalue weighted by Gasteiger charge is -2.22. The Balaban J connectivity index is 3.09. The quantitative estimate of drug-likeness (QED) is 0.751. The highest BCUT2D eigenvalue weighted by Gasteiger charge is 2.16. The van der Waals surface area contributed by atoms with Gasteiger partial charge < -0.3 is 9.64 Å². The van der Waals surface area contributed by atoms with Gasteiger partial charge in [0.15, 0.2) is 0 Å². The molecule has 0 saturated heterocycles. The van der Waals surface area contributed by atoms with E-state index in [4.69, 9.17) is 4.74 Å². The van der Waals surface area contributed by atoms with Crippen molar-refractivity contribution in [1.82, 2.24) is 4.90 Å². The molecule has 0 spiro atoms. The number of nitrogens with zero attached hydrogens (tertiary/aromatic N) is 1. The molecule has 0 radical (unpaired) electrons. The average molecular weight is 277 g/mol. The molecule has 0 fully saturated rings. The predicted molar refractivity (Wildman–Crippen MR) is 83.6 cm³/mol. The topological polar surface area (TPSA) is 29.5 Å². The van der Waals surface area contributed by atoms with E-state index in [1.807, 2.05) is 23.1 Å². The SMILES string of the molecule is CCCN(CCC)C(=O)c1cc(OC)cc(C(C)C)c1. The second-order valence-corrected chi connectivity index (χ2v) is 5.44. The summed E-state index contributed by atoms with van der Waals surface area (Å²) in [6.45, 7) is 10.1. The van der Waals surface area contributed by atoms with E-state index in [-0.39, 0.29) is 5.91 Å². The van der Waals surface area contributed by atoms with Crippen molar-refractivity contribution in [1.29, 1.82) is 0 Å². The molecule has 0 bridgehead atoms. The minimum absolute atomic E-state index is 0.106. The van der Waals surface area contributed by atoms with Crippen molar-refractivity contribution in [2.75, 3.05) is 20.2 Å². The Morgan fingerprint density at radius 3 is 2.20 bits per heavy atom. The highest BCUT2D eigenvalue weighted by Crippen LogP contribution is 2.24. The Labute approximate surface area is 122 Å². The zero-order chi connectivity index (χ0) is 15.1. The van der Waals surface area contributed by atoms with Crippen molar-refractivity contribution >= 4 is 5.91 Å². The van der Waals surface area contributed by atoms with Crippen molar-refractivity contribution in [3.63, 3.8) is 0 Å². The van der Waals surface area contributed by atoms with Crippen LogP contribution in [0.15, 0.2) is 18.2 Å². The first-order chi connectivity index (χ1) is 9.53. The minimum Gasteiger partial charge on any atom is -0.497 e. The zero-order valence-corrected chi connectivity index (χ0v) is 13.4. The number of hydrogen-bond acceptors (Lipinski definition) is 2. The van der Waals surface area contributed by atoms with Gasteiger partial charge in [0.05, 0.1) is 7.11 Å². The van der Waals surface area contributed by atoms with Crippen LogP contribution < -0.4 is 4.74 Å². The fourth-order valence-corrected chi connectivity index (χ4v) is 2.23. The molecule has 1 aromatic carbocycles. The van der Waals surface area contributed by atoms with E-state index in [0.717, 1.165) is 42.8 Å². The molecule has 112 valence electrons. The smallest absolute Gasteiger partial charge is 0.253 e. The second-order valence-electron chi connectivity index (χ2n) is 5.44. The summed E-state index contributed by atoms with van der Waals surface area (Å²) in [6, 6.07) is 5.84. The van der Waals surface area contributed by atoms with Gasteiger partial charge in [-0.05, 0) is 42.5 Å². The summed E-state index contributed by atoms with van der Waals surface area (Å²) in [5, 5.41) is 0. The fourth-order valence-electron chi connectivity index (χ4n) is 2.23. The third-order valence-electron chi connectivity index (χ3n) is 3.35. The Kier molecular flexibility index (Phi) is 6.56. The molecule has 0 aromatic heterocycles. The molecule has 0 unspecified atom stereocenters. The molecule has 1 amide bonds. The molecule has 0 aliphatic heterocycles. The summed E-state index contributed by atoms with van der Waals surface area (Å²) in [5.74, 6) is 1.24. The summed E-state index contributed by atoms with van der Waals surface area (Å²) in [5.41, 5.74) is 1.87. The molecule has 20 heavy (non-hydrogen) atoms. The normalized spacial score (nSPS) is 10.7. The van der Waals surface area contributed by atoms with Crippen LogP contribution in [0.4, 0.5) is 0 Å². The maximum atomic E-state index is 12.6. The van der Waals surface area contributed by atoms with Gasteiger partial charge in [-0.15, -0.1) is 0 Å². The van der Waals surface area contributed by atoms with Gasteiger partial charge >= 0.3 is 0 Å². The Morgan fingerprint density at radius 2 is 1.75 bits per heavy atom. The fraction of sp³-hybridized carbons (Fsp3) is 0.588. The first-order valence-electron chi connectivity index (χ1n) is 7.51. The number of carbonyl (C=O) groups excluding carboxylic acids is 1. The third-order valence-corrected chi connectivity index (χ3v) is 3.35. The summed E-state index contributed by atoms with van der Waals surface area (Å²) in [7, 11) is 1.64. The Bertz CT molecular complexity index is 435. The van der Waals surface area contributed by atoms with Crippen molar-refractivity contribution in [2.45, 2.75) is 46.5 Å². The maximum absolute atomic E-state index is 12.6. The molecule has 0 aliphatic rings. The van der Waals surface area contributed by atoms with E-state index in [0.29, 0.717) is 5.92 Å². The van der Waals surface area contributed by atoms with E-state index in [1.165, 1.54) is 0 Å². The van der Waals surface area contributed by atoms with Crippen molar-refractivity contribution in [3.8, 4) is 5.75 Å². The average Bonchev–Trinajstić information content (AvgIpc) is 2.45. The molecule has 1 aromatic rings. The minimum atomic E-state index is 0.106. The molecule has 0 N–H and O–H groups in total. The number of benzene rings is 1. The van der Waals surface area contributed by atoms with Crippen LogP contribution >= 0.6 is 0 Å². The Morgan fingerprint density at radius 1 is 1.15 bits per heavy atom. The van der Waals surface area contributed by atoms with Crippen LogP contribution in [-0.4, -0.2) is 31.0 Å². The van der Waals surface area contributed by atoms with Crippen molar-refractivity contribution in [3.05, 3.63) is 29.3 Å². The van der Waals surface area contributed by atoms with E-state index in [2.05, 4.69) is 27.7 Å². The molecule has 0 atom stereocenters. The second kappa shape index (κ2) is 7.93. The van der Waals surface area contributed by atoms with Gasteiger partial charge in [0, 0.05) is 18.7 Å². The van der Waals surface area contributed by atoms with Gasteiger partial charge in [-0.1, -0.05) is 27.7 Å². The predicted octanol–water partition coefficient (Wildman–Crippen LogP) is 4.08. The largest absolute Gasteiger partial charge is 0.497 e. The summed E-state index contributed by atoms with van der Waals surface area (Å²) >= 11 is 0. The lowest BCUT2D eigenvalue weighted by atomic mass is 9.99. The number of carbonyl (C=O) groups is 1. The molecule has 3 nitrogen and oxygen atoms in total. The lowest BCUT2D eigenvalue weighted by molar-refractivity contribution is 0.0755. The van der Waals surface area contributed by atoms with Crippen molar-refractivity contribution in [2.24, 2.45) is 0 Å². The van der Waals surface area contributed by atoms with Crippen LogP contribution in [0.1, 0.15) is 62.4 Å². The molecule has 0 aliphatic carbocycles. The van der Waals surface area contributed by atoms with Gasteiger partial charge in [0.2, 0.25) is 0 Å². The number of ether oxygens (including phenoxy) is 1. The monoisotopic (exact) mass is 277 g/mol. The number of rotatable bonds is 7. The summed E-state index contributed by atoms with van der Waals surface area (Å²) < 4.78 is 5.32. The highest BCUT2D eigenvalue weighted by molar-refractivity contribution is 5.94. The van der Waals surface area contributed by atoms with E-state index in [1.54, 1.807) is 7.11 Å². The van der Waals surface area contributed by atoms with Gasteiger partial charge in [-0.2, -0.15) is 0 Å². The molecule has 0 heterocycles. The van der Waals surface area contributed by atoms with Gasteiger partial charge in [0.1, 0.15) is 5.75 Å². The summed E-state index contributed by atoms with van der Waals surface area (Å²) in [6.07, 6.45) is 1.96. The van der Waals surface area contributed by atoms with E-state index < -0.39 is 0 Å². The zero-order valence-electron chi connectivity index (χ0n) is 13.4. The molecular weight excluding hydrogens is 250 g/mol. The number of hydrogen-bond donors (Lipinski definition) is 0. The van der Waals surface area contributed by atoms with Crippen LogP contribution in [0.3, 0.4) is 0 Å². The van der Waals surface area contributed by atoms with Gasteiger partial charge in [-0.25, -0.2) is 0 Å². The van der Waals surface area contributed by atoms with Crippen LogP contribution in [0, 0.1) is 0 Å². The number of methoxy groups -OCH3 is 1. The van der Waals surface area contributed by atoms with Gasteiger partial charge in [-0.3, -0.25) is 4.79 Å². The van der Waals surface area contributed by atoms with E-state index >= 15 is 0 Å². The third kappa shape index (κ3) is 4.26. The molecule has 0 saturated carbocycles. The van der Waals surface area contributed by atoms with Crippen LogP contribution in [0.2, 0.25) is 0 Å². The van der Waals surface area contributed by atoms with Crippen molar-refractivity contribution < 1.29 is 9.53 Å². The van der Waals surface area contributed by atoms with Crippen LogP contribution in [0.5, 0.6) is 5.75 Å². The van der Waals surface area contributed by atoms with Gasteiger partial charge in [0.25, 0.3) is 5.91 Å². The molecule has 3 heteroatoms. The highest BCUT2D eigenvalue weighted by atomic mass is 16.5. The molecule has 1 rings (SSSR count). The number of amides is 1. The van der Waals surface area contributed by atoms with Crippen LogP contribution in [-0.2, 0) is 0 Å². The first kappa shape index (κ1) is 16.5. The van der Waals surface area contributed by atoms with E-state index in [9.17, 15) is 4.79 Å². The first-order valence-corrected chi connectivity index (χ1v) is 7.51. The van der Waals surface area contributed by atoms with Crippen LogP contribution in [0.25, 0.3) is 0 Å². The summed E-state index contributed by atoms with van der Waals surface area (Å²) in [4.78, 5) is 14.6. The lowest BCUT2D eigenvalue weighted by Crippen LogP contribution is -2.32. The Hall–Kier alpha value is -1.51.